The maximum absolute atomic E-state index is 13.0. The number of hydrogen-bond acceptors (Lipinski definition) is 6. The van der Waals surface area contributed by atoms with Gasteiger partial charge in [0.25, 0.3) is 0 Å². The van der Waals surface area contributed by atoms with Crippen LogP contribution in [0.1, 0.15) is 5.82 Å². The van der Waals surface area contributed by atoms with Crippen LogP contribution in [0.3, 0.4) is 0 Å². The highest BCUT2D eigenvalue weighted by molar-refractivity contribution is 7.99. The predicted octanol–water partition coefficient (Wildman–Crippen LogP) is 4.61. The Morgan fingerprint density at radius 1 is 1.30 bits per heavy atom. The fourth-order valence-corrected chi connectivity index (χ4v) is 3.52. The Bertz CT molecular complexity index is 1050. The molecule has 30 heavy (non-hydrogen) atoms. The molecule has 3 aromatic rings. The molecule has 11 heteroatoms. The summed E-state index contributed by atoms with van der Waals surface area (Å²) in [6, 6.07) is 7.17. The van der Waals surface area contributed by atoms with Gasteiger partial charge in [0, 0.05) is 12.7 Å². The molecule has 2 aromatic heterocycles. The summed E-state index contributed by atoms with van der Waals surface area (Å²) in [5.41, 5.74) is 0. The molecule has 1 N–H and O–H groups in total. The van der Waals surface area contributed by atoms with E-state index < -0.39 is 0 Å². The number of nitrogens with zero attached hydrogens (tertiary/aromatic N) is 4. The maximum Gasteiger partial charge on any atom is 0.236 e. The van der Waals surface area contributed by atoms with Gasteiger partial charge in [-0.3, -0.25) is 9.36 Å². The summed E-state index contributed by atoms with van der Waals surface area (Å²) >= 11 is 13.0. The topological polar surface area (TPSA) is 81.9 Å². The molecule has 0 radical (unpaired) electrons. The number of hydrogen-bond donors (Lipinski definition) is 1. The van der Waals surface area contributed by atoms with Gasteiger partial charge in [-0.1, -0.05) is 41.0 Å². The molecule has 3 rings (SSSR count). The third kappa shape index (κ3) is 5.94. The third-order valence-electron chi connectivity index (χ3n) is 3.68. The van der Waals surface area contributed by atoms with E-state index in [-0.39, 0.29) is 34.9 Å². The number of carbonyl (C=O) groups excluding carboxylic acids is 1. The zero-order chi connectivity index (χ0) is 21.5. The van der Waals surface area contributed by atoms with Crippen molar-refractivity contribution in [3.8, 4) is 5.75 Å². The lowest BCUT2D eigenvalue weighted by atomic mass is 10.3. The average molecular weight is 468 g/mol. The second kappa shape index (κ2) is 10.4. The number of benzene rings is 1. The Labute approximate surface area is 186 Å². The van der Waals surface area contributed by atoms with Gasteiger partial charge in [-0.25, -0.2) is 9.37 Å². The highest BCUT2D eigenvalue weighted by Gasteiger charge is 2.15. The van der Waals surface area contributed by atoms with Crippen molar-refractivity contribution in [1.82, 2.24) is 19.7 Å². The molecule has 0 aliphatic carbocycles. The van der Waals surface area contributed by atoms with E-state index in [0.717, 1.165) is 0 Å². The number of allylic oxidation sites excluding steroid dienone is 1. The number of anilines is 1. The summed E-state index contributed by atoms with van der Waals surface area (Å²) in [6.07, 6.45) is 3.08. The molecule has 0 saturated heterocycles. The molecule has 0 aliphatic heterocycles. The number of amides is 1. The summed E-state index contributed by atoms with van der Waals surface area (Å²) in [4.78, 5) is 16.2. The molecule has 0 saturated carbocycles. The number of ether oxygens (including phenoxy) is 1. The van der Waals surface area contributed by atoms with E-state index in [0.29, 0.717) is 28.3 Å². The van der Waals surface area contributed by atoms with Crippen LogP contribution in [-0.2, 0) is 17.9 Å². The van der Waals surface area contributed by atoms with Gasteiger partial charge in [0.2, 0.25) is 5.91 Å². The zero-order valence-electron chi connectivity index (χ0n) is 15.5. The Morgan fingerprint density at radius 2 is 2.07 bits per heavy atom. The van der Waals surface area contributed by atoms with Crippen molar-refractivity contribution >= 4 is 46.7 Å². The highest BCUT2D eigenvalue weighted by atomic mass is 35.5. The first-order chi connectivity index (χ1) is 14.5. The number of carbonyl (C=O) groups is 1. The van der Waals surface area contributed by atoms with Gasteiger partial charge >= 0.3 is 0 Å². The first-order valence-electron chi connectivity index (χ1n) is 8.61. The quantitative estimate of drug-likeness (QED) is 0.365. The minimum atomic E-state index is -0.343. The molecular formula is C19H16Cl2FN5O2S. The van der Waals surface area contributed by atoms with Crippen molar-refractivity contribution in [3.63, 3.8) is 0 Å². The first-order valence-corrected chi connectivity index (χ1v) is 10.4. The Balaban J connectivity index is 1.61. The van der Waals surface area contributed by atoms with Crippen molar-refractivity contribution in [2.45, 2.75) is 18.3 Å². The standard InChI is InChI=1S/C19H16Cl2FN5O2S/c1-2-7-27-16(10-29-14-5-3-13(22)4-6-14)25-26-19(27)30-11-17(28)24-18-15(21)8-12(20)9-23-18/h2-6,8-9H,1,7,10-11H2,(H,23,24,28). The lowest BCUT2D eigenvalue weighted by molar-refractivity contribution is -0.113. The third-order valence-corrected chi connectivity index (χ3v) is 5.15. The van der Waals surface area contributed by atoms with Crippen LogP contribution in [0.5, 0.6) is 5.75 Å². The smallest absolute Gasteiger partial charge is 0.236 e. The Morgan fingerprint density at radius 3 is 2.77 bits per heavy atom. The van der Waals surface area contributed by atoms with E-state index in [1.165, 1.54) is 48.3 Å². The van der Waals surface area contributed by atoms with Crippen molar-refractivity contribution < 1.29 is 13.9 Å². The van der Waals surface area contributed by atoms with Crippen LogP contribution in [0, 0.1) is 5.82 Å². The normalized spacial score (nSPS) is 10.6. The van der Waals surface area contributed by atoms with Gasteiger partial charge in [-0.2, -0.15) is 0 Å². The first kappa shape index (κ1) is 22.1. The van der Waals surface area contributed by atoms with Crippen LogP contribution in [0.2, 0.25) is 10.0 Å². The van der Waals surface area contributed by atoms with Crippen LogP contribution in [0.15, 0.2) is 54.3 Å². The van der Waals surface area contributed by atoms with Crippen molar-refractivity contribution in [1.29, 1.82) is 0 Å². The lowest BCUT2D eigenvalue weighted by Crippen LogP contribution is -2.16. The van der Waals surface area contributed by atoms with Crippen LogP contribution in [0.4, 0.5) is 10.2 Å². The number of rotatable bonds is 9. The van der Waals surface area contributed by atoms with E-state index in [2.05, 4.69) is 27.1 Å². The number of nitrogens with one attached hydrogen (secondary N) is 1. The highest BCUT2D eigenvalue weighted by Crippen LogP contribution is 2.24. The predicted molar refractivity (Wildman–Crippen MR) is 115 cm³/mol. The number of halogens is 3. The summed E-state index contributed by atoms with van der Waals surface area (Å²) in [7, 11) is 0. The van der Waals surface area contributed by atoms with Gasteiger partial charge in [0.1, 0.15) is 18.2 Å². The maximum atomic E-state index is 13.0. The number of thioether (sulfide) groups is 1. The summed E-state index contributed by atoms with van der Waals surface area (Å²) in [5.74, 6) is 0.690. The van der Waals surface area contributed by atoms with E-state index in [1.54, 1.807) is 10.6 Å². The van der Waals surface area contributed by atoms with Gasteiger partial charge in [-0.05, 0) is 30.3 Å². The second-order valence-electron chi connectivity index (χ2n) is 5.86. The molecule has 0 fully saturated rings. The SMILES string of the molecule is C=CCn1c(COc2ccc(F)cc2)nnc1SCC(=O)Nc1ncc(Cl)cc1Cl. The minimum Gasteiger partial charge on any atom is -0.486 e. The Kier molecular flexibility index (Phi) is 7.67. The van der Waals surface area contributed by atoms with Gasteiger partial charge in [-0.15, -0.1) is 16.8 Å². The summed E-state index contributed by atoms with van der Waals surface area (Å²) in [5, 5.41) is 12.0. The van der Waals surface area contributed by atoms with Crippen molar-refractivity contribution in [2.75, 3.05) is 11.1 Å². The minimum absolute atomic E-state index is 0.0642. The van der Waals surface area contributed by atoms with Crippen LogP contribution >= 0.6 is 35.0 Å². The molecule has 0 spiro atoms. The summed E-state index contributed by atoms with van der Waals surface area (Å²) in [6.45, 7) is 4.30. The molecule has 2 heterocycles. The molecule has 156 valence electrons. The fraction of sp³-hybridized carbons (Fsp3) is 0.158. The fourth-order valence-electron chi connectivity index (χ4n) is 2.33. The van der Waals surface area contributed by atoms with Crippen molar-refractivity contribution in [2.24, 2.45) is 0 Å². The largest absolute Gasteiger partial charge is 0.486 e. The van der Waals surface area contributed by atoms with E-state index in [1.807, 2.05) is 0 Å². The number of pyridine rings is 1. The van der Waals surface area contributed by atoms with Crippen LogP contribution < -0.4 is 10.1 Å². The van der Waals surface area contributed by atoms with Gasteiger partial charge < -0.3 is 10.1 Å². The molecular weight excluding hydrogens is 452 g/mol. The molecule has 1 amide bonds. The monoisotopic (exact) mass is 467 g/mol. The zero-order valence-corrected chi connectivity index (χ0v) is 17.8. The van der Waals surface area contributed by atoms with Gasteiger partial charge in [0.05, 0.1) is 15.8 Å². The van der Waals surface area contributed by atoms with Crippen molar-refractivity contribution in [3.05, 3.63) is 70.9 Å². The van der Waals surface area contributed by atoms with Crippen LogP contribution in [0.25, 0.3) is 0 Å². The molecule has 0 atom stereocenters. The molecule has 0 aliphatic rings. The summed E-state index contributed by atoms with van der Waals surface area (Å²) < 4.78 is 20.4. The lowest BCUT2D eigenvalue weighted by Gasteiger charge is -2.09. The second-order valence-corrected chi connectivity index (χ2v) is 7.65. The average Bonchev–Trinajstić information content (AvgIpc) is 3.10. The molecule has 0 bridgehead atoms. The number of aromatic nitrogens is 4. The van der Waals surface area contributed by atoms with E-state index >= 15 is 0 Å². The Hall–Kier alpha value is -2.62. The van der Waals surface area contributed by atoms with E-state index in [9.17, 15) is 9.18 Å². The molecule has 0 unspecified atom stereocenters. The van der Waals surface area contributed by atoms with Gasteiger partial charge in [0.15, 0.2) is 16.8 Å². The van der Waals surface area contributed by atoms with Crippen LogP contribution in [-0.4, -0.2) is 31.4 Å². The molecule has 1 aromatic carbocycles. The van der Waals surface area contributed by atoms with E-state index in [4.69, 9.17) is 27.9 Å². The molecule has 7 nitrogen and oxygen atoms in total.